The van der Waals surface area contributed by atoms with E-state index in [1.54, 1.807) is 26.0 Å². The molecular weight excluding hydrogens is 500 g/mol. The lowest BCUT2D eigenvalue weighted by Crippen LogP contribution is -2.49. The molecule has 188 valence electrons. The quantitative estimate of drug-likeness (QED) is 0.520. The fraction of sp³-hybridized carbons (Fsp3) is 0.455. The molecule has 9 nitrogen and oxygen atoms in total. The van der Waals surface area contributed by atoms with Crippen LogP contribution in [0.2, 0.25) is 0 Å². The SMILES string of the molecule is Cc1ccc(S(=O)(=O)NCCN([C@@H]2CS(=O)(=O)C[C@@H]2O)S(=O)(=O)c2ccc(C)c(C)c2)cc1C. The Labute approximate surface area is 201 Å². The van der Waals surface area contributed by atoms with E-state index in [0.717, 1.165) is 26.6 Å². The van der Waals surface area contributed by atoms with Crippen molar-refractivity contribution >= 4 is 29.9 Å². The fourth-order valence-corrected chi connectivity index (χ4v) is 8.56. The van der Waals surface area contributed by atoms with Crippen LogP contribution in [-0.2, 0) is 29.9 Å². The van der Waals surface area contributed by atoms with Crippen molar-refractivity contribution in [1.29, 1.82) is 0 Å². The lowest BCUT2D eigenvalue weighted by molar-refractivity contribution is 0.128. The topological polar surface area (TPSA) is 138 Å². The summed E-state index contributed by atoms with van der Waals surface area (Å²) in [5.41, 5.74) is 3.34. The van der Waals surface area contributed by atoms with Gasteiger partial charge in [0.1, 0.15) is 0 Å². The second-order valence-electron chi connectivity index (χ2n) is 8.72. The molecule has 0 amide bonds. The highest BCUT2D eigenvalue weighted by Crippen LogP contribution is 2.26. The summed E-state index contributed by atoms with van der Waals surface area (Å²) < 4.78 is 80.0. The number of sulfonamides is 2. The number of rotatable bonds is 8. The maximum absolute atomic E-state index is 13.5. The van der Waals surface area contributed by atoms with Gasteiger partial charge in [-0.15, -0.1) is 0 Å². The molecular formula is C22H30N2O7S3. The third-order valence-electron chi connectivity index (χ3n) is 6.16. The Morgan fingerprint density at radius 1 is 0.882 bits per heavy atom. The predicted molar refractivity (Wildman–Crippen MR) is 129 cm³/mol. The summed E-state index contributed by atoms with van der Waals surface area (Å²) in [5.74, 6) is -1.09. The predicted octanol–water partition coefficient (Wildman–Crippen LogP) is 1.05. The van der Waals surface area contributed by atoms with E-state index in [1.165, 1.54) is 24.3 Å². The van der Waals surface area contributed by atoms with E-state index in [4.69, 9.17) is 0 Å². The van der Waals surface area contributed by atoms with Crippen molar-refractivity contribution in [2.45, 2.75) is 49.6 Å². The first-order valence-electron chi connectivity index (χ1n) is 10.7. The zero-order valence-electron chi connectivity index (χ0n) is 19.5. The van der Waals surface area contributed by atoms with Gasteiger partial charge in [0, 0.05) is 13.1 Å². The molecule has 0 radical (unpaired) electrons. The van der Waals surface area contributed by atoms with E-state index in [2.05, 4.69) is 4.72 Å². The minimum absolute atomic E-state index is 0.0441. The van der Waals surface area contributed by atoms with Gasteiger partial charge in [-0.05, 0) is 74.2 Å². The summed E-state index contributed by atoms with van der Waals surface area (Å²) in [4.78, 5) is -0.00763. The van der Waals surface area contributed by atoms with Crippen LogP contribution in [0.15, 0.2) is 46.2 Å². The summed E-state index contributed by atoms with van der Waals surface area (Å²) in [6, 6.07) is 7.98. The summed E-state index contributed by atoms with van der Waals surface area (Å²) >= 11 is 0. The number of aliphatic hydroxyl groups is 1. The van der Waals surface area contributed by atoms with Gasteiger partial charge < -0.3 is 5.11 Å². The Hall–Kier alpha value is -1.83. The second-order valence-corrected chi connectivity index (χ2v) is 14.5. The van der Waals surface area contributed by atoms with Crippen molar-refractivity contribution in [3.63, 3.8) is 0 Å². The van der Waals surface area contributed by atoms with Gasteiger partial charge in [-0.2, -0.15) is 4.31 Å². The third-order valence-corrected chi connectivity index (χ3v) is 11.2. The van der Waals surface area contributed by atoms with Crippen molar-refractivity contribution in [2.75, 3.05) is 24.6 Å². The zero-order chi connectivity index (χ0) is 25.5. The number of aryl methyl sites for hydroxylation is 4. The molecule has 2 aromatic rings. The largest absolute Gasteiger partial charge is 0.390 e. The van der Waals surface area contributed by atoms with Crippen LogP contribution in [0.1, 0.15) is 22.3 Å². The smallest absolute Gasteiger partial charge is 0.243 e. The van der Waals surface area contributed by atoms with Crippen LogP contribution in [0.4, 0.5) is 0 Å². The molecule has 3 rings (SSSR count). The molecule has 0 unspecified atom stereocenters. The van der Waals surface area contributed by atoms with Crippen molar-refractivity contribution in [3.8, 4) is 0 Å². The third kappa shape index (κ3) is 5.69. The van der Waals surface area contributed by atoms with E-state index >= 15 is 0 Å². The number of benzene rings is 2. The van der Waals surface area contributed by atoms with Gasteiger partial charge in [0.15, 0.2) is 9.84 Å². The molecule has 0 spiro atoms. The van der Waals surface area contributed by atoms with Gasteiger partial charge in [-0.25, -0.2) is 30.0 Å². The Kier molecular flexibility index (Phi) is 7.61. The second kappa shape index (κ2) is 9.67. The maximum atomic E-state index is 13.5. The number of aliphatic hydroxyl groups excluding tert-OH is 1. The molecule has 0 aromatic heterocycles. The maximum Gasteiger partial charge on any atom is 0.243 e. The van der Waals surface area contributed by atoms with Crippen molar-refractivity contribution in [3.05, 3.63) is 58.7 Å². The Morgan fingerprint density at radius 2 is 1.41 bits per heavy atom. The Balaban J connectivity index is 1.90. The van der Waals surface area contributed by atoms with Crippen LogP contribution in [0.5, 0.6) is 0 Å². The molecule has 1 saturated heterocycles. The van der Waals surface area contributed by atoms with Gasteiger partial charge in [0.25, 0.3) is 0 Å². The molecule has 12 heteroatoms. The van der Waals surface area contributed by atoms with Crippen LogP contribution in [0.25, 0.3) is 0 Å². The molecule has 2 N–H and O–H groups in total. The number of nitrogens with one attached hydrogen (secondary N) is 1. The molecule has 0 bridgehead atoms. The van der Waals surface area contributed by atoms with Crippen molar-refractivity contribution in [1.82, 2.24) is 9.03 Å². The van der Waals surface area contributed by atoms with Gasteiger partial charge in [-0.1, -0.05) is 12.1 Å². The molecule has 0 aliphatic carbocycles. The van der Waals surface area contributed by atoms with Crippen LogP contribution in [0.3, 0.4) is 0 Å². The highest BCUT2D eigenvalue weighted by Gasteiger charge is 2.44. The van der Waals surface area contributed by atoms with Crippen molar-refractivity contribution < 1.29 is 30.4 Å². The number of hydrogen-bond donors (Lipinski definition) is 2. The Morgan fingerprint density at radius 3 is 1.91 bits per heavy atom. The highest BCUT2D eigenvalue weighted by atomic mass is 32.2. The normalized spacial score (nSPS) is 20.6. The average molecular weight is 531 g/mol. The number of hydrogen-bond acceptors (Lipinski definition) is 7. The van der Waals surface area contributed by atoms with Crippen molar-refractivity contribution in [2.24, 2.45) is 0 Å². The average Bonchev–Trinajstić information content (AvgIpc) is 3.00. The Bertz CT molecular complexity index is 1400. The van der Waals surface area contributed by atoms with E-state index in [0.29, 0.717) is 0 Å². The van der Waals surface area contributed by atoms with Gasteiger partial charge in [0.2, 0.25) is 20.0 Å². The van der Waals surface area contributed by atoms with Crippen LogP contribution < -0.4 is 4.72 Å². The summed E-state index contributed by atoms with van der Waals surface area (Å²) in [7, 11) is -11.8. The summed E-state index contributed by atoms with van der Waals surface area (Å²) in [6.45, 7) is 6.58. The molecule has 1 heterocycles. The minimum atomic E-state index is -4.23. The number of sulfone groups is 1. The van der Waals surface area contributed by atoms with Crippen LogP contribution in [-0.4, -0.2) is 71.4 Å². The van der Waals surface area contributed by atoms with Gasteiger partial charge in [0.05, 0.1) is 33.4 Å². The summed E-state index contributed by atoms with van der Waals surface area (Å²) in [6.07, 6.45) is -1.41. The van der Waals surface area contributed by atoms with E-state index < -0.39 is 53.5 Å². The first-order valence-corrected chi connectivity index (χ1v) is 15.4. The molecule has 2 atom stereocenters. The first kappa shape index (κ1) is 26.8. The molecule has 0 saturated carbocycles. The monoisotopic (exact) mass is 530 g/mol. The highest BCUT2D eigenvalue weighted by molar-refractivity contribution is 7.92. The lowest BCUT2D eigenvalue weighted by Gasteiger charge is -2.29. The molecule has 1 fully saturated rings. The van der Waals surface area contributed by atoms with Gasteiger partial charge >= 0.3 is 0 Å². The van der Waals surface area contributed by atoms with Crippen LogP contribution >= 0.6 is 0 Å². The molecule has 1 aliphatic heterocycles. The number of nitrogens with zero attached hydrogens (tertiary/aromatic N) is 1. The molecule has 2 aromatic carbocycles. The zero-order valence-corrected chi connectivity index (χ0v) is 22.0. The standard InChI is InChI=1S/C22H30N2O7S3/c1-15-5-7-19(11-17(15)3)33(28,29)23-9-10-24(21-13-32(26,27)14-22(21)25)34(30,31)20-8-6-16(2)18(4)12-20/h5-8,11-12,21-23,25H,9-10,13-14H2,1-4H3/t21-,22+/m1/s1. The van der Waals surface area contributed by atoms with Gasteiger partial charge in [-0.3, -0.25) is 0 Å². The first-order chi connectivity index (χ1) is 15.6. The molecule has 34 heavy (non-hydrogen) atoms. The summed E-state index contributed by atoms with van der Waals surface area (Å²) in [5, 5.41) is 10.4. The lowest BCUT2D eigenvalue weighted by atomic mass is 10.1. The fourth-order valence-electron chi connectivity index (χ4n) is 3.81. The molecule has 1 aliphatic rings. The minimum Gasteiger partial charge on any atom is -0.390 e. The van der Waals surface area contributed by atoms with E-state index in [-0.39, 0.29) is 22.9 Å². The van der Waals surface area contributed by atoms with Crippen LogP contribution in [0, 0.1) is 27.7 Å². The van der Waals surface area contributed by atoms with E-state index in [1.807, 2.05) is 13.8 Å². The van der Waals surface area contributed by atoms with E-state index in [9.17, 15) is 30.4 Å².